The zero-order valence-electron chi connectivity index (χ0n) is 12.8. The van der Waals surface area contributed by atoms with Crippen LogP contribution in [0.5, 0.6) is 5.75 Å². The number of ether oxygens (including phenoxy) is 1. The summed E-state index contributed by atoms with van der Waals surface area (Å²) in [6.07, 6.45) is 1.60. The second-order valence-corrected chi connectivity index (χ2v) is 5.66. The predicted molar refractivity (Wildman–Crippen MR) is 91.7 cm³/mol. The van der Waals surface area contributed by atoms with E-state index in [1.807, 2.05) is 31.2 Å². The van der Waals surface area contributed by atoms with Crippen molar-refractivity contribution in [2.24, 2.45) is 0 Å². The van der Waals surface area contributed by atoms with Gasteiger partial charge in [-0.3, -0.25) is 4.98 Å². The number of aromatic nitrogens is 1. The molecule has 0 radical (unpaired) electrons. The lowest BCUT2D eigenvalue weighted by molar-refractivity contribution is 0.412. The highest BCUT2D eigenvalue weighted by molar-refractivity contribution is 6.34. The zero-order chi connectivity index (χ0) is 16.4. The lowest BCUT2D eigenvalue weighted by Crippen LogP contribution is -2.10. The Balaban J connectivity index is 2.00. The van der Waals surface area contributed by atoms with E-state index in [2.05, 4.69) is 10.3 Å². The van der Waals surface area contributed by atoms with Gasteiger partial charge in [0.25, 0.3) is 0 Å². The van der Waals surface area contributed by atoms with E-state index in [1.54, 1.807) is 25.4 Å². The lowest BCUT2D eigenvalue weighted by atomic mass is 10.1. The molecule has 0 bridgehead atoms. The molecule has 3 nitrogen and oxygen atoms in total. The van der Waals surface area contributed by atoms with E-state index in [9.17, 15) is 4.39 Å². The van der Waals surface area contributed by atoms with Crippen LogP contribution in [0.15, 0.2) is 48.7 Å². The zero-order valence-corrected chi connectivity index (χ0v) is 13.6. The van der Waals surface area contributed by atoms with Gasteiger partial charge in [-0.1, -0.05) is 29.8 Å². The molecule has 0 amide bonds. The van der Waals surface area contributed by atoms with Gasteiger partial charge >= 0.3 is 0 Å². The first-order valence-corrected chi connectivity index (χ1v) is 7.61. The molecule has 3 aromatic rings. The van der Waals surface area contributed by atoms with Crippen molar-refractivity contribution in [1.29, 1.82) is 0 Å². The molecule has 0 unspecified atom stereocenters. The largest absolute Gasteiger partial charge is 0.497 e. The summed E-state index contributed by atoms with van der Waals surface area (Å²) < 4.78 is 19.3. The van der Waals surface area contributed by atoms with Gasteiger partial charge in [0.05, 0.1) is 29.4 Å². The fourth-order valence-corrected chi connectivity index (χ4v) is 2.74. The minimum absolute atomic E-state index is 0.284. The summed E-state index contributed by atoms with van der Waals surface area (Å²) in [5.74, 6) is 0.320. The number of halogens is 2. The van der Waals surface area contributed by atoms with Gasteiger partial charge in [-0.2, -0.15) is 0 Å². The van der Waals surface area contributed by atoms with Crippen molar-refractivity contribution in [3.05, 3.63) is 65.1 Å². The van der Waals surface area contributed by atoms with E-state index < -0.39 is 0 Å². The Morgan fingerprint density at radius 3 is 2.78 bits per heavy atom. The molecule has 2 aromatic carbocycles. The van der Waals surface area contributed by atoms with Gasteiger partial charge in [0, 0.05) is 17.1 Å². The van der Waals surface area contributed by atoms with Crippen molar-refractivity contribution in [2.45, 2.75) is 13.0 Å². The Kier molecular flexibility index (Phi) is 4.35. The van der Waals surface area contributed by atoms with Crippen LogP contribution >= 0.6 is 11.6 Å². The first kappa shape index (κ1) is 15.6. The first-order chi connectivity index (χ1) is 11.1. The fraction of sp³-hybridized carbons (Fsp3) is 0.167. The molecular weight excluding hydrogens is 315 g/mol. The van der Waals surface area contributed by atoms with Crippen LogP contribution in [0.3, 0.4) is 0 Å². The standard InChI is InChI=1S/C18H16ClFN2O/c1-11(14-9-12(23-2)7-8-16(14)20)22-18-13-5-3-4-6-17(13)21-10-15(18)19/h3-11H,1-2H3,(H,21,22)/t11-/m0/s1. The van der Waals surface area contributed by atoms with Crippen LogP contribution in [0.25, 0.3) is 10.9 Å². The molecule has 3 rings (SSSR count). The van der Waals surface area contributed by atoms with Crippen LogP contribution < -0.4 is 10.1 Å². The number of pyridine rings is 1. The summed E-state index contributed by atoms with van der Waals surface area (Å²) >= 11 is 6.29. The molecule has 1 aromatic heterocycles. The minimum atomic E-state index is -0.291. The monoisotopic (exact) mass is 330 g/mol. The average Bonchev–Trinajstić information content (AvgIpc) is 2.57. The number of rotatable bonds is 4. The summed E-state index contributed by atoms with van der Waals surface area (Å²) in [5, 5.41) is 4.69. The third-order valence-corrected chi connectivity index (χ3v) is 4.05. The Hall–Kier alpha value is -2.33. The molecule has 0 saturated carbocycles. The van der Waals surface area contributed by atoms with Gasteiger partial charge in [0.2, 0.25) is 0 Å². The second kappa shape index (κ2) is 6.42. The Labute approximate surface area is 139 Å². The van der Waals surface area contributed by atoms with Crippen LogP contribution in [0.2, 0.25) is 5.02 Å². The summed E-state index contributed by atoms with van der Waals surface area (Å²) in [6, 6.07) is 12.1. The van der Waals surface area contributed by atoms with Gasteiger partial charge in [0.15, 0.2) is 0 Å². The van der Waals surface area contributed by atoms with E-state index in [-0.39, 0.29) is 11.9 Å². The van der Waals surface area contributed by atoms with Gasteiger partial charge < -0.3 is 10.1 Å². The number of fused-ring (bicyclic) bond motifs is 1. The average molecular weight is 331 g/mol. The molecule has 0 aliphatic heterocycles. The summed E-state index contributed by atoms with van der Waals surface area (Å²) in [4.78, 5) is 4.30. The summed E-state index contributed by atoms with van der Waals surface area (Å²) in [7, 11) is 1.56. The SMILES string of the molecule is COc1ccc(F)c([C@H](C)Nc2c(Cl)cnc3ccccc23)c1. The van der Waals surface area contributed by atoms with Crippen molar-refractivity contribution in [1.82, 2.24) is 4.98 Å². The van der Waals surface area contributed by atoms with E-state index in [4.69, 9.17) is 16.3 Å². The molecule has 1 heterocycles. The highest BCUT2D eigenvalue weighted by Gasteiger charge is 2.15. The Morgan fingerprint density at radius 2 is 2.00 bits per heavy atom. The number of nitrogens with zero attached hydrogens (tertiary/aromatic N) is 1. The predicted octanol–water partition coefficient (Wildman–Crippen LogP) is 5.21. The quantitative estimate of drug-likeness (QED) is 0.713. The van der Waals surface area contributed by atoms with Crippen LogP contribution in [-0.2, 0) is 0 Å². The molecule has 5 heteroatoms. The first-order valence-electron chi connectivity index (χ1n) is 7.23. The number of nitrogens with one attached hydrogen (secondary N) is 1. The smallest absolute Gasteiger partial charge is 0.128 e. The highest BCUT2D eigenvalue weighted by Crippen LogP contribution is 2.33. The number of methoxy groups -OCH3 is 1. The molecule has 0 fully saturated rings. The fourth-order valence-electron chi connectivity index (χ4n) is 2.54. The van der Waals surface area contributed by atoms with Gasteiger partial charge in [-0.05, 0) is 31.2 Å². The number of benzene rings is 2. The van der Waals surface area contributed by atoms with Gasteiger partial charge in [-0.15, -0.1) is 0 Å². The Bertz CT molecular complexity index is 854. The number of para-hydroxylation sites is 1. The Morgan fingerprint density at radius 1 is 1.22 bits per heavy atom. The van der Waals surface area contributed by atoms with Gasteiger partial charge in [0.1, 0.15) is 11.6 Å². The van der Waals surface area contributed by atoms with E-state index in [0.717, 1.165) is 16.6 Å². The van der Waals surface area contributed by atoms with Crippen LogP contribution in [0.4, 0.5) is 10.1 Å². The second-order valence-electron chi connectivity index (χ2n) is 5.25. The normalized spacial score (nSPS) is 12.2. The van der Waals surface area contributed by atoms with Crippen molar-refractivity contribution in [2.75, 3.05) is 12.4 Å². The molecule has 23 heavy (non-hydrogen) atoms. The van der Waals surface area contributed by atoms with Crippen LogP contribution in [0, 0.1) is 5.82 Å². The topological polar surface area (TPSA) is 34.1 Å². The number of hydrogen-bond acceptors (Lipinski definition) is 3. The lowest BCUT2D eigenvalue weighted by Gasteiger charge is -2.19. The molecular formula is C18H16ClFN2O. The molecule has 0 aliphatic rings. The van der Waals surface area contributed by atoms with Crippen molar-refractivity contribution >= 4 is 28.2 Å². The highest BCUT2D eigenvalue weighted by atomic mass is 35.5. The number of anilines is 1. The number of hydrogen-bond donors (Lipinski definition) is 1. The third kappa shape index (κ3) is 3.08. The summed E-state index contributed by atoms with van der Waals surface area (Å²) in [6.45, 7) is 1.88. The summed E-state index contributed by atoms with van der Waals surface area (Å²) in [5.41, 5.74) is 2.09. The van der Waals surface area contributed by atoms with Gasteiger partial charge in [-0.25, -0.2) is 4.39 Å². The van der Waals surface area contributed by atoms with Crippen molar-refractivity contribution in [3.63, 3.8) is 0 Å². The maximum atomic E-state index is 14.1. The van der Waals surface area contributed by atoms with Crippen LogP contribution in [-0.4, -0.2) is 12.1 Å². The van der Waals surface area contributed by atoms with E-state index in [0.29, 0.717) is 16.3 Å². The minimum Gasteiger partial charge on any atom is -0.497 e. The van der Waals surface area contributed by atoms with E-state index >= 15 is 0 Å². The molecule has 0 saturated heterocycles. The molecule has 0 aliphatic carbocycles. The maximum absolute atomic E-state index is 14.1. The van der Waals surface area contributed by atoms with Crippen molar-refractivity contribution in [3.8, 4) is 5.75 Å². The molecule has 1 N–H and O–H groups in total. The third-order valence-electron chi connectivity index (χ3n) is 3.76. The molecule has 1 atom stereocenters. The van der Waals surface area contributed by atoms with Crippen LogP contribution in [0.1, 0.15) is 18.5 Å². The van der Waals surface area contributed by atoms with Crippen molar-refractivity contribution < 1.29 is 9.13 Å². The maximum Gasteiger partial charge on any atom is 0.128 e. The molecule has 0 spiro atoms. The molecule has 118 valence electrons. The van der Waals surface area contributed by atoms with E-state index in [1.165, 1.54) is 6.07 Å².